The summed E-state index contributed by atoms with van der Waals surface area (Å²) < 4.78 is 64.2. The molecule has 0 amide bonds. The van der Waals surface area contributed by atoms with Gasteiger partial charge in [0.25, 0.3) is 0 Å². The molecule has 0 radical (unpaired) electrons. The maximum atomic E-state index is 14.6. The van der Waals surface area contributed by atoms with E-state index in [2.05, 4.69) is 0 Å². The van der Waals surface area contributed by atoms with Crippen molar-refractivity contribution in [1.82, 2.24) is 9.55 Å². The first kappa shape index (κ1) is 25.8. The van der Waals surface area contributed by atoms with E-state index in [-0.39, 0.29) is 23.0 Å². The first-order chi connectivity index (χ1) is 18.3. The molecule has 0 bridgehead atoms. The van der Waals surface area contributed by atoms with Gasteiger partial charge in [-0.2, -0.15) is 0 Å². The van der Waals surface area contributed by atoms with Crippen LogP contribution < -0.4 is 4.74 Å². The normalized spacial score (nSPS) is 14.8. The van der Waals surface area contributed by atoms with Gasteiger partial charge in [0, 0.05) is 22.9 Å². The minimum Gasteiger partial charge on any atom is -0.494 e. The lowest BCUT2D eigenvalue weighted by atomic mass is 9.84. The van der Waals surface area contributed by atoms with Crippen molar-refractivity contribution in [1.29, 1.82) is 0 Å². The summed E-state index contributed by atoms with van der Waals surface area (Å²) in [6, 6.07) is 12.1. The number of hydrogen-bond acceptors (Lipinski definition) is 4. The van der Waals surface area contributed by atoms with Gasteiger partial charge in [-0.3, -0.25) is 4.57 Å². The lowest BCUT2D eigenvalue weighted by Gasteiger charge is -2.25. The zero-order valence-corrected chi connectivity index (χ0v) is 21.0. The second kappa shape index (κ2) is 10.5. The zero-order valence-electron chi connectivity index (χ0n) is 20.2. The van der Waals surface area contributed by atoms with Crippen LogP contribution in [-0.4, -0.2) is 27.7 Å². The van der Waals surface area contributed by atoms with Crippen LogP contribution in [0.1, 0.15) is 51.6 Å². The number of hydrogen-bond donors (Lipinski definition) is 1. The lowest BCUT2D eigenvalue weighted by molar-refractivity contribution is 0.0695. The minimum atomic E-state index is -1.43. The fourth-order valence-corrected chi connectivity index (χ4v) is 5.82. The molecule has 5 rings (SSSR count). The average molecular weight is 543 g/mol. The molecule has 1 atom stereocenters. The third-order valence-electron chi connectivity index (χ3n) is 6.59. The van der Waals surface area contributed by atoms with E-state index in [1.807, 2.05) is 4.57 Å². The Morgan fingerprint density at radius 2 is 1.76 bits per heavy atom. The molecule has 1 heterocycles. The number of aromatic carboxylic acids is 1. The summed E-state index contributed by atoms with van der Waals surface area (Å²) in [5.74, 6) is -4.45. The van der Waals surface area contributed by atoms with Crippen LogP contribution in [0.4, 0.5) is 17.6 Å². The van der Waals surface area contributed by atoms with Crippen LogP contribution in [0.3, 0.4) is 0 Å². The summed E-state index contributed by atoms with van der Waals surface area (Å²) in [6.45, 7) is 0. The monoisotopic (exact) mass is 542 g/mol. The predicted molar refractivity (Wildman–Crippen MR) is 134 cm³/mol. The SMILES string of the molecule is COc1cc(C2CCCc3nc(SCc4c(F)cc(C(=O)O)cc4F)n(-c4ccc(F)cc4)c32)ccc1F. The van der Waals surface area contributed by atoms with Crippen molar-refractivity contribution >= 4 is 17.7 Å². The first-order valence-corrected chi connectivity index (χ1v) is 12.8. The van der Waals surface area contributed by atoms with Crippen molar-refractivity contribution in [2.24, 2.45) is 0 Å². The van der Waals surface area contributed by atoms with Crippen LogP contribution >= 0.6 is 11.8 Å². The average Bonchev–Trinajstić information content (AvgIpc) is 3.27. The second-order valence-electron chi connectivity index (χ2n) is 8.89. The Bertz CT molecular complexity index is 1500. The van der Waals surface area contributed by atoms with Crippen molar-refractivity contribution < 1.29 is 32.2 Å². The van der Waals surface area contributed by atoms with Crippen molar-refractivity contribution in [3.63, 3.8) is 0 Å². The van der Waals surface area contributed by atoms with Crippen LogP contribution in [0.15, 0.2) is 59.8 Å². The van der Waals surface area contributed by atoms with Crippen LogP contribution in [0.25, 0.3) is 5.69 Å². The molecule has 1 aromatic heterocycles. The molecule has 1 aliphatic rings. The number of aryl methyl sites for hydroxylation is 1. The van der Waals surface area contributed by atoms with Gasteiger partial charge in [-0.25, -0.2) is 27.3 Å². The number of halogens is 4. The Hall–Kier alpha value is -3.79. The number of carboxylic acid groups (broad SMARTS) is 1. The van der Waals surface area contributed by atoms with E-state index in [1.165, 1.54) is 25.3 Å². The standard InChI is InChI=1S/C28H22F4N2O3S/c1-37-25-13-15(5-10-21(25)30)19-3-2-4-24-26(19)34(18-8-6-17(29)7-9-18)28(33-24)38-14-20-22(31)11-16(27(35)36)12-23(20)32/h5-13,19H,2-4,14H2,1H3,(H,35,36). The number of rotatable bonds is 7. The van der Waals surface area contributed by atoms with Crippen LogP contribution in [0, 0.1) is 23.3 Å². The molecule has 3 aromatic carbocycles. The third kappa shape index (κ3) is 4.88. The summed E-state index contributed by atoms with van der Waals surface area (Å²) in [6.07, 6.45) is 2.24. The summed E-state index contributed by atoms with van der Waals surface area (Å²) in [5.41, 5.74) is 2.32. The Morgan fingerprint density at radius 1 is 1.05 bits per heavy atom. The molecule has 0 spiro atoms. The highest BCUT2D eigenvalue weighted by molar-refractivity contribution is 7.98. The topological polar surface area (TPSA) is 64.3 Å². The number of ether oxygens (including phenoxy) is 1. The number of nitrogens with zero attached hydrogens (tertiary/aromatic N) is 2. The van der Waals surface area contributed by atoms with E-state index in [1.54, 1.807) is 24.3 Å². The molecule has 4 aromatic rings. The highest BCUT2D eigenvalue weighted by Crippen LogP contribution is 2.42. The number of imidazole rings is 1. The Balaban J connectivity index is 1.59. The number of fused-ring (bicyclic) bond motifs is 1. The molecule has 1 aliphatic carbocycles. The van der Waals surface area contributed by atoms with Crippen LogP contribution in [-0.2, 0) is 12.2 Å². The van der Waals surface area contributed by atoms with E-state index in [4.69, 9.17) is 14.8 Å². The molecule has 38 heavy (non-hydrogen) atoms. The molecule has 1 unspecified atom stereocenters. The third-order valence-corrected chi connectivity index (χ3v) is 7.56. The number of carbonyl (C=O) groups is 1. The van der Waals surface area contributed by atoms with Crippen molar-refractivity contribution in [3.8, 4) is 11.4 Å². The number of methoxy groups -OCH3 is 1. The number of carboxylic acids is 1. The first-order valence-electron chi connectivity index (χ1n) is 11.8. The zero-order chi connectivity index (χ0) is 27.0. The molecule has 10 heteroatoms. The Labute approximate surface area is 220 Å². The van der Waals surface area contributed by atoms with Gasteiger partial charge in [-0.15, -0.1) is 0 Å². The fourth-order valence-electron chi connectivity index (χ4n) is 4.76. The van der Waals surface area contributed by atoms with Gasteiger partial charge in [-0.1, -0.05) is 17.8 Å². The van der Waals surface area contributed by atoms with Crippen molar-refractivity contribution in [3.05, 3.63) is 106 Å². The van der Waals surface area contributed by atoms with E-state index >= 15 is 0 Å². The summed E-state index contributed by atoms with van der Waals surface area (Å²) in [7, 11) is 1.40. The number of aromatic nitrogens is 2. The smallest absolute Gasteiger partial charge is 0.335 e. The predicted octanol–water partition coefficient (Wildman–Crippen LogP) is 6.90. The van der Waals surface area contributed by atoms with E-state index in [9.17, 15) is 22.4 Å². The van der Waals surface area contributed by atoms with Gasteiger partial charge in [0.05, 0.1) is 24.1 Å². The summed E-state index contributed by atoms with van der Waals surface area (Å²) >= 11 is 1.09. The molecule has 5 nitrogen and oxygen atoms in total. The van der Waals surface area contributed by atoms with Gasteiger partial charge in [-0.05, 0) is 73.4 Å². The number of benzene rings is 3. The highest BCUT2D eigenvalue weighted by atomic mass is 32.2. The molecule has 0 saturated heterocycles. The van der Waals surface area contributed by atoms with Crippen molar-refractivity contribution in [2.45, 2.75) is 36.1 Å². The highest BCUT2D eigenvalue weighted by Gasteiger charge is 2.31. The minimum absolute atomic E-state index is 0.118. The van der Waals surface area contributed by atoms with E-state index < -0.39 is 34.8 Å². The Kier molecular flexibility index (Phi) is 7.16. The largest absolute Gasteiger partial charge is 0.494 e. The van der Waals surface area contributed by atoms with Gasteiger partial charge < -0.3 is 9.84 Å². The molecular formula is C28H22F4N2O3S. The van der Waals surface area contributed by atoms with Gasteiger partial charge in [0.1, 0.15) is 17.5 Å². The quantitative estimate of drug-likeness (QED) is 0.203. The van der Waals surface area contributed by atoms with Crippen LogP contribution in [0.5, 0.6) is 5.75 Å². The van der Waals surface area contributed by atoms with Gasteiger partial charge in [0.2, 0.25) is 0 Å². The molecular weight excluding hydrogens is 520 g/mol. The maximum Gasteiger partial charge on any atom is 0.335 e. The Morgan fingerprint density at radius 3 is 2.42 bits per heavy atom. The summed E-state index contributed by atoms with van der Waals surface area (Å²) in [4.78, 5) is 15.9. The lowest BCUT2D eigenvalue weighted by Crippen LogP contribution is -2.15. The van der Waals surface area contributed by atoms with E-state index in [0.29, 0.717) is 17.3 Å². The van der Waals surface area contributed by atoms with E-state index in [0.717, 1.165) is 53.7 Å². The molecule has 0 fully saturated rings. The maximum absolute atomic E-state index is 14.6. The number of thioether (sulfide) groups is 1. The molecule has 0 saturated carbocycles. The molecule has 196 valence electrons. The second-order valence-corrected chi connectivity index (χ2v) is 9.83. The molecule has 0 aliphatic heterocycles. The van der Waals surface area contributed by atoms with Gasteiger partial charge >= 0.3 is 5.97 Å². The van der Waals surface area contributed by atoms with Gasteiger partial charge in [0.15, 0.2) is 16.7 Å². The molecule has 1 N–H and O–H groups in total. The van der Waals surface area contributed by atoms with Crippen LogP contribution in [0.2, 0.25) is 0 Å². The summed E-state index contributed by atoms with van der Waals surface area (Å²) in [5, 5.41) is 9.52. The fraction of sp³-hybridized carbons (Fsp3) is 0.214. The van der Waals surface area contributed by atoms with Crippen molar-refractivity contribution in [2.75, 3.05) is 7.11 Å².